The predicted molar refractivity (Wildman–Crippen MR) is 102 cm³/mol. The van der Waals surface area contributed by atoms with Gasteiger partial charge in [0.25, 0.3) is 0 Å². The number of nitrogens with one attached hydrogen (secondary N) is 1. The minimum absolute atomic E-state index is 0.369. The van der Waals surface area contributed by atoms with Crippen LogP contribution in [-0.4, -0.2) is 29.8 Å². The second-order valence-corrected chi connectivity index (χ2v) is 7.05. The second-order valence-electron chi connectivity index (χ2n) is 7.05. The molecule has 2 aliphatic rings. The summed E-state index contributed by atoms with van der Waals surface area (Å²) in [6, 6.07) is 18.8. The molecule has 0 unspecified atom stereocenters. The highest BCUT2D eigenvalue weighted by Crippen LogP contribution is 2.39. The van der Waals surface area contributed by atoms with Gasteiger partial charge in [0, 0.05) is 19.0 Å². The quantitative estimate of drug-likeness (QED) is 0.836. The largest absolute Gasteiger partial charge is 0.424 e. The molecule has 4 rings (SSSR count). The first-order chi connectivity index (χ1) is 12.7. The highest BCUT2D eigenvalue weighted by molar-refractivity contribution is 5.70. The van der Waals surface area contributed by atoms with E-state index < -0.39 is 5.72 Å². The maximum atomic E-state index is 12.5. The number of fused-ring (bicyclic) bond motifs is 2. The van der Waals surface area contributed by atoms with E-state index in [1.54, 1.807) is 0 Å². The number of carbonyl (C=O) groups excluding carboxylic acids is 1. The molecule has 1 fully saturated rings. The third kappa shape index (κ3) is 3.13. The van der Waals surface area contributed by atoms with Gasteiger partial charge in [-0.25, -0.2) is 4.79 Å². The molecular weight excluding hydrogens is 324 g/mol. The third-order valence-electron chi connectivity index (χ3n) is 5.56. The van der Waals surface area contributed by atoms with Crippen molar-refractivity contribution in [3.05, 3.63) is 72.3 Å². The number of benzene rings is 2. The SMILES string of the molecule is CN1[C@@H]2CC=C[C@@]1(OC(=O)NCc1ccccc1-c1ccccc1)CC2. The molecule has 2 aliphatic heterocycles. The lowest BCUT2D eigenvalue weighted by Crippen LogP contribution is -2.49. The Balaban J connectivity index is 1.44. The van der Waals surface area contributed by atoms with Crippen LogP contribution in [0, 0.1) is 0 Å². The average Bonchev–Trinajstić information content (AvgIpc) is 2.85. The topological polar surface area (TPSA) is 41.6 Å². The summed E-state index contributed by atoms with van der Waals surface area (Å²) in [5.41, 5.74) is 2.77. The van der Waals surface area contributed by atoms with Crippen molar-refractivity contribution >= 4 is 6.09 Å². The number of hydrogen-bond donors (Lipinski definition) is 1. The number of alkyl carbamates (subject to hydrolysis) is 1. The Morgan fingerprint density at radius 3 is 2.81 bits per heavy atom. The summed E-state index contributed by atoms with van der Waals surface area (Å²) >= 11 is 0. The summed E-state index contributed by atoms with van der Waals surface area (Å²) in [6.45, 7) is 0.441. The molecule has 1 saturated heterocycles. The van der Waals surface area contributed by atoms with E-state index in [1.807, 2.05) is 49.5 Å². The van der Waals surface area contributed by atoms with E-state index in [-0.39, 0.29) is 6.09 Å². The molecule has 2 aromatic rings. The molecule has 2 bridgehead atoms. The summed E-state index contributed by atoms with van der Waals surface area (Å²) in [4.78, 5) is 14.7. The van der Waals surface area contributed by atoms with Crippen LogP contribution >= 0.6 is 0 Å². The van der Waals surface area contributed by atoms with Gasteiger partial charge in [-0.15, -0.1) is 0 Å². The van der Waals surface area contributed by atoms with Gasteiger partial charge in [-0.2, -0.15) is 0 Å². The molecule has 4 heteroatoms. The Morgan fingerprint density at radius 2 is 1.96 bits per heavy atom. The number of ether oxygens (including phenoxy) is 1. The van der Waals surface area contributed by atoms with E-state index in [0.29, 0.717) is 12.6 Å². The molecule has 0 aromatic heterocycles. The van der Waals surface area contributed by atoms with Gasteiger partial charge in [0.05, 0.1) is 0 Å². The van der Waals surface area contributed by atoms with Crippen LogP contribution in [0.4, 0.5) is 4.79 Å². The van der Waals surface area contributed by atoms with Gasteiger partial charge >= 0.3 is 6.09 Å². The van der Waals surface area contributed by atoms with Gasteiger partial charge in [-0.05, 0) is 42.7 Å². The molecule has 1 amide bonds. The Kier molecular flexibility index (Phi) is 4.51. The minimum atomic E-state index is -0.577. The fraction of sp³-hybridized carbons (Fsp3) is 0.318. The number of nitrogens with zero attached hydrogens (tertiary/aromatic N) is 1. The van der Waals surface area contributed by atoms with Crippen molar-refractivity contribution in [1.82, 2.24) is 10.2 Å². The first kappa shape index (κ1) is 16.9. The Morgan fingerprint density at radius 1 is 1.19 bits per heavy atom. The first-order valence-corrected chi connectivity index (χ1v) is 9.19. The van der Waals surface area contributed by atoms with Crippen LogP contribution in [0.5, 0.6) is 0 Å². The summed E-state index contributed by atoms with van der Waals surface area (Å²) < 4.78 is 5.84. The van der Waals surface area contributed by atoms with Crippen molar-refractivity contribution in [3.63, 3.8) is 0 Å². The van der Waals surface area contributed by atoms with E-state index in [1.165, 1.54) is 0 Å². The molecule has 1 N–H and O–H groups in total. The number of hydrogen-bond acceptors (Lipinski definition) is 3. The fourth-order valence-electron chi connectivity index (χ4n) is 4.03. The van der Waals surface area contributed by atoms with Crippen LogP contribution in [0.15, 0.2) is 66.7 Å². The molecular formula is C22H24N2O2. The van der Waals surface area contributed by atoms with Crippen LogP contribution in [0.1, 0.15) is 24.8 Å². The predicted octanol–water partition coefficient (Wildman–Crippen LogP) is 4.33. The third-order valence-corrected chi connectivity index (χ3v) is 5.56. The Hall–Kier alpha value is -2.59. The van der Waals surface area contributed by atoms with Crippen molar-refractivity contribution in [3.8, 4) is 11.1 Å². The molecule has 0 spiro atoms. The molecule has 26 heavy (non-hydrogen) atoms. The fourth-order valence-corrected chi connectivity index (χ4v) is 4.03. The van der Waals surface area contributed by atoms with Gasteiger partial charge in [0.1, 0.15) is 0 Å². The number of amides is 1. The second kappa shape index (κ2) is 6.96. The van der Waals surface area contributed by atoms with Crippen LogP contribution < -0.4 is 5.32 Å². The standard InChI is InChI=1S/C22H24N2O2/c1-24-19-11-7-14-22(24,15-13-19)26-21(25)23-16-18-10-5-6-12-20(18)17-8-3-2-4-9-17/h2-10,12,14,19H,11,13,15-16H2,1H3,(H,23,25)/t19-,22-/m1/s1. The molecule has 2 atom stereocenters. The number of carbonyl (C=O) groups is 1. The van der Waals surface area contributed by atoms with E-state index in [9.17, 15) is 4.79 Å². The molecule has 2 heterocycles. The minimum Gasteiger partial charge on any atom is -0.424 e. The van der Waals surface area contributed by atoms with Crippen molar-refractivity contribution in [2.24, 2.45) is 0 Å². The molecule has 0 saturated carbocycles. The van der Waals surface area contributed by atoms with Crippen molar-refractivity contribution in [1.29, 1.82) is 0 Å². The molecule has 0 aliphatic carbocycles. The summed E-state index contributed by atoms with van der Waals surface area (Å²) in [6.07, 6.45) is 6.76. The van der Waals surface area contributed by atoms with E-state index in [0.717, 1.165) is 36.0 Å². The Bertz CT molecular complexity index is 818. The highest BCUT2D eigenvalue weighted by Gasteiger charge is 2.47. The van der Waals surface area contributed by atoms with Gasteiger partial charge in [-0.3, -0.25) is 4.90 Å². The zero-order chi connectivity index (χ0) is 18.0. The lowest BCUT2D eigenvalue weighted by molar-refractivity contribution is -0.0543. The summed E-state index contributed by atoms with van der Waals surface area (Å²) in [7, 11) is 2.04. The van der Waals surface area contributed by atoms with E-state index >= 15 is 0 Å². The highest BCUT2D eigenvalue weighted by atomic mass is 16.6. The van der Waals surface area contributed by atoms with Crippen LogP contribution in [-0.2, 0) is 11.3 Å². The van der Waals surface area contributed by atoms with Crippen molar-refractivity contribution in [2.75, 3.05) is 7.05 Å². The zero-order valence-corrected chi connectivity index (χ0v) is 15.0. The lowest BCUT2D eigenvalue weighted by atomic mass is 10.00. The normalized spacial score (nSPS) is 24.4. The van der Waals surface area contributed by atoms with E-state index in [2.05, 4.69) is 34.5 Å². The summed E-state index contributed by atoms with van der Waals surface area (Å²) in [5.74, 6) is 0. The van der Waals surface area contributed by atoms with Crippen LogP contribution in [0.3, 0.4) is 0 Å². The van der Waals surface area contributed by atoms with Crippen molar-refractivity contribution < 1.29 is 9.53 Å². The molecule has 4 nitrogen and oxygen atoms in total. The molecule has 2 aromatic carbocycles. The molecule has 134 valence electrons. The monoisotopic (exact) mass is 348 g/mol. The summed E-state index contributed by atoms with van der Waals surface area (Å²) in [5, 5.41) is 2.93. The van der Waals surface area contributed by atoms with Gasteiger partial charge in [0.2, 0.25) is 0 Å². The maximum absolute atomic E-state index is 12.5. The number of likely N-dealkylation sites (N-methyl/N-ethyl adjacent to an activating group) is 1. The van der Waals surface area contributed by atoms with E-state index in [4.69, 9.17) is 4.74 Å². The Labute approximate surface area is 154 Å². The van der Waals surface area contributed by atoms with Gasteiger partial charge in [0.15, 0.2) is 5.72 Å². The molecule has 0 radical (unpaired) electrons. The van der Waals surface area contributed by atoms with Crippen LogP contribution in [0.2, 0.25) is 0 Å². The maximum Gasteiger partial charge on any atom is 0.409 e. The number of rotatable bonds is 4. The van der Waals surface area contributed by atoms with Gasteiger partial charge < -0.3 is 10.1 Å². The first-order valence-electron chi connectivity index (χ1n) is 9.19. The zero-order valence-electron chi connectivity index (χ0n) is 15.0. The lowest BCUT2D eigenvalue weighted by Gasteiger charge is -2.37. The average molecular weight is 348 g/mol. The smallest absolute Gasteiger partial charge is 0.409 e. The van der Waals surface area contributed by atoms with Crippen molar-refractivity contribution in [2.45, 2.75) is 37.6 Å². The van der Waals surface area contributed by atoms with Crippen LogP contribution in [0.25, 0.3) is 11.1 Å². The van der Waals surface area contributed by atoms with Gasteiger partial charge in [-0.1, -0.05) is 60.7 Å².